The third-order valence-corrected chi connectivity index (χ3v) is 5.24. The lowest BCUT2D eigenvalue weighted by molar-refractivity contribution is -0.142. The minimum Gasteiger partial charge on any atom is -0.299 e. The Morgan fingerprint density at radius 2 is 1.62 bits per heavy atom. The van der Waals surface area contributed by atoms with Crippen LogP contribution in [0.1, 0.15) is 43.2 Å². The van der Waals surface area contributed by atoms with Crippen LogP contribution in [0.3, 0.4) is 0 Å². The Morgan fingerprint density at radius 1 is 1.00 bits per heavy atom. The quantitative estimate of drug-likeness (QED) is 0.739. The van der Waals surface area contributed by atoms with Gasteiger partial charge in [0.25, 0.3) is 0 Å². The highest BCUT2D eigenvalue weighted by Crippen LogP contribution is 2.57. The van der Waals surface area contributed by atoms with Crippen molar-refractivity contribution in [2.24, 2.45) is 11.8 Å². The molecular formula is C17H17NO3. The number of carbonyl (C=O) groups is 3. The van der Waals surface area contributed by atoms with Crippen molar-refractivity contribution in [3.05, 3.63) is 35.4 Å². The largest absolute Gasteiger partial charge is 0.299 e. The molecule has 3 aliphatic carbocycles. The number of amides is 2. The predicted molar refractivity (Wildman–Crippen MR) is 75.5 cm³/mol. The Morgan fingerprint density at radius 3 is 2.29 bits per heavy atom. The molecular weight excluding hydrogens is 266 g/mol. The molecule has 4 atom stereocenters. The van der Waals surface area contributed by atoms with Gasteiger partial charge in [0.05, 0.1) is 17.8 Å². The summed E-state index contributed by atoms with van der Waals surface area (Å²) in [5.41, 5.74) is 2.06. The van der Waals surface area contributed by atoms with Gasteiger partial charge in [0.1, 0.15) is 5.78 Å². The van der Waals surface area contributed by atoms with E-state index >= 15 is 0 Å². The van der Waals surface area contributed by atoms with Gasteiger partial charge in [-0.1, -0.05) is 24.3 Å². The molecule has 1 aromatic carbocycles. The number of ketones is 1. The van der Waals surface area contributed by atoms with E-state index in [4.69, 9.17) is 0 Å². The SMILES string of the molecule is CC(C)N1C(=O)[C@H]2[C@H](C1=O)[C@H]1C(=O)C[C@H]2c2ccccc21. The van der Waals surface area contributed by atoms with E-state index in [1.807, 2.05) is 38.1 Å². The molecule has 0 spiro atoms. The summed E-state index contributed by atoms with van der Waals surface area (Å²) in [6.45, 7) is 3.70. The Balaban J connectivity index is 1.91. The average Bonchev–Trinajstić information content (AvgIpc) is 2.72. The molecule has 0 N–H and O–H groups in total. The van der Waals surface area contributed by atoms with E-state index in [1.165, 1.54) is 4.90 Å². The number of likely N-dealkylation sites (tertiary alicyclic amines) is 1. The maximum absolute atomic E-state index is 12.7. The van der Waals surface area contributed by atoms with Gasteiger partial charge in [-0.25, -0.2) is 0 Å². The summed E-state index contributed by atoms with van der Waals surface area (Å²) < 4.78 is 0. The normalized spacial score (nSPS) is 33.7. The zero-order chi connectivity index (χ0) is 14.9. The predicted octanol–water partition coefficient (Wildman–Crippen LogP) is 1.85. The summed E-state index contributed by atoms with van der Waals surface area (Å²) in [7, 11) is 0. The first-order valence-electron chi connectivity index (χ1n) is 7.51. The van der Waals surface area contributed by atoms with Crippen LogP contribution in [0.15, 0.2) is 24.3 Å². The lowest BCUT2D eigenvalue weighted by Gasteiger charge is -2.43. The van der Waals surface area contributed by atoms with Crippen molar-refractivity contribution >= 4 is 17.6 Å². The van der Waals surface area contributed by atoms with Crippen LogP contribution in [0, 0.1) is 11.8 Å². The van der Waals surface area contributed by atoms with E-state index in [-0.39, 0.29) is 35.5 Å². The second kappa shape index (κ2) is 4.03. The van der Waals surface area contributed by atoms with Crippen molar-refractivity contribution < 1.29 is 14.4 Å². The third-order valence-electron chi connectivity index (χ3n) is 5.24. The Labute approximate surface area is 123 Å². The van der Waals surface area contributed by atoms with E-state index in [2.05, 4.69) is 0 Å². The monoisotopic (exact) mass is 283 g/mol. The number of hydrogen-bond acceptors (Lipinski definition) is 3. The molecule has 2 bridgehead atoms. The Bertz CT molecular complexity index is 678. The number of Topliss-reactive ketones (excluding diaryl/α,β-unsaturated/α-hetero) is 1. The van der Waals surface area contributed by atoms with E-state index in [1.54, 1.807) is 0 Å². The third kappa shape index (κ3) is 1.42. The summed E-state index contributed by atoms with van der Waals surface area (Å²) in [5.74, 6) is -1.47. The molecule has 2 amide bonds. The molecule has 0 unspecified atom stereocenters. The molecule has 5 rings (SSSR count). The summed E-state index contributed by atoms with van der Waals surface area (Å²) in [6.07, 6.45) is 0.397. The highest BCUT2D eigenvalue weighted by atomic mass is 16.2. The first-order valence-corrected chi connectivity index (χ1v) is 7.51. The van der Waals surface area contributed by atoms with Crippen LogP contribution in [0.4, 0.5) is 0 Å². The van der Waals surface area contributed by atoms with E-state index in [9.17, 15) is 14.4 Å². The van der Waals surface area contributed by atoms with Gasteiger partial charge in [-0.3, -0.25) is 19.3 Å². The summed E-state index contributed by atoms with van der Waals surface area (Å²) in [6, 6.07) is 7.65. The van der Waals surface area contributed by atoms with Crippen LogP contribution in [0.2, 0.25) is 0 Å². The fourth-order valence-corrected chi connectivity index (χ4v) is 4.49. The maximum atomic E-state index is 12.7. The summed E-state index contributed by atoms with van der Waals surface area (Å²) in [4.78, 5) is 39.2. The van der Waals surface area contributed by atoms with Crippen molar-refractivity contribution in [1.82, 2.24) is 4.90 Å². The molecule has 108 valence electrons. The van der Waals surface area contributed by atoms with Gasteiger partial charge in [-0.15, -0.1) is 0 Å². The highest BCUT2D eigenvalue weighted by molar-refractivity contribution is 6.11. The molecule has 4 aliphatic rings. The number of rotatable bonds is 1. The zero-order valence-electron chi connectivity index (χ0n) is 12.1. The zero-order valence-corrected chi connectivity index (χ0v) is 12.1. The number of nitrogens with zero attached hydrogens (tertiary/aromatic N) is 1. The van der Waals surface area contributed by atoms with E-state index < -0.39 is 11.8 Å². The number of imide groups is 1. The molecule has 1 aliphatic heterocycles. The summed E-state index contributed by atoms with van der Waals surface area (Å²) in [5, 5.41) is 0. The van der Waals surface area contributed by atoms with Gasteiger partial charge in [0.2, 0.25) is 11.8 Å². The molecule has 21 heavy (non-hydrogen) atoms. The van der Waals surface area contributed by atoms with Crippen molar-refractivity contribution in [2.75, 3.05) is 0 Å². The Hall–Kier alpha value is -1.97. The van der Waals surface area contributed by atoms with Gasteiger partial charge >= 0.3 is 0 Å². The Kier molecular flexibility index (Phi) is 2.44. The fourth-order valence-electron chi connectivity index (χ4n) is 4.49. The first kappa shape index (κ1) is 12.7. The molecule has 2 fully saturated rings. The lowest BCUT2D eigenvalue weighted by Crippen LogP contribution is -2.44. The topological polar surface area (TPSA) is 54.5 Å². The van der Waals surface area contributed by atoms with Gasteiger partial charge in [0, 0.05) is 18.4 Å². The summed E-state index contributed by atoms with van der Waals surface area (Å²) >= 11 is 0. The fraction of sp³-hybridized carbons (Fsp3) is 0.471. The second-order valence-corrected chi connectivity index (χ2v) is 6.58. The molecule has 1 saturated heterocycles. The maximum Gasteiger partial charge on any atom is 0.234 e. The van der Waals surface area contributed by atoms with Crippen molar-refractivity contribution in [3.8, 4) is 0 Å². The first-order chi connectivity index (χ1) is 10.0. The van der Waals surface area contributed by atoms with Crippen LogP contribution in [-0.2, 0) is 14.4 Å². The molecule has 1 aromatic rings. The number of carbonyl (C=O) groups excluding carboxylic acids is 3. The highest BCUT2D eigenvalue weighted by Gasteiger charge is 2.62. The minimum atomic E-state index is -0.471. The molecule has 1 heterocycles. The van der Waals surface area contributed by atoms with Crippen molar-refractivity contribution in [3.63, 3.8) is 0 Å². The van der Waals surface area contributed by atoms with E-state index in [0.717, 1.165) is 11.1 Å². The number of hydrogen-bond donors (Lipinski definition) is 0. The molecule has 4 heteroatoms. The average molecular weight is 283 g/mol. The lowest BCUT2D eigenvalue weighted by atomic mass is 9.56. The van der Waals surface area contributed by atoms with E-state index in [0.29, 0.717) is 6.42 Å². The van der Waals surface area contributed by atoms with Gasteiger partial charge in [-0.2, -0.15) is 0 Å². The van der Waals surface area contributed by atoms with Crippen LogP contribution in [0.5, 0.6) is 0 Å². The smallest absolute Gasteiger partial charge is 0.234 e. The van der Waals surface area contributed by atoms with Crippen LogP contribution in [0.25, 0.3) is 0 Å². The number of fused-ring (bicyclic) bond motifs is 1. The van der Waals surface area contributed by atoms with Gasteiger partial charge in [-0.05, 0) is 25.0 Å². The van der Waals surface area contributed by atoms with Crippen molar-refractivity contribution in [1.29, 1.82) is 0 Å². The molecule has 4 nitrogen and oxygen atoms in total. The standard InChI is InChI=1S/C17H17NO3/c1-8(2)18-16(20)14-11-7-12(19)13(15(14)17(18)21)10-6-4-3-5-9(10)11/h3-6,8,11,13-15H,7H2,1-2H3/t11-,13+,14+,15+/m0/s1. The minimum absolute atomic E-state index is 0.0861. The molecule has 0 aromatic heterocycles. The van der Waals surface area contributed by atoms with Crippen molar-refractivity contribution in [2.45, 2.75) is 38.1 Å². The van der Waals surface area contributed by atoms with Crippen LogP contribution >= 0.6 is 0 Å². The van der Waals surface area contributed by atoms with Crippen LogP contribution < -0.4 is 0 Å². The molecule has 1 saturated carbocycles. The van der Waals surface area contributed by atoms with Crippen LogP contribution in [-0.4, -0.2) is 28.5 Å². The van der Waals surface area contributed by atoms with Gasteiger partial charge in [0.15, 0.2) is 0 Å². The second-order valence-electron chi connectivity index (χ2n) is 6.58. The number of benzene rings is 1. The molecule has 0 radical (unpaired) electrons. The van der Waals surface area contributed by atoms with Gasteiger partial charge < -0.3 is 0 Å².